The Morgan fingerprint density at radius 2 is 1.76 bits per heavy atom. The van der Waals surface area contributed by atoms with E-state index in [0.29, 0.717) is 25.0 Å². The van der Waals surface area contributed by atoms with E-state index in [2.05, 4.69) is 36.1 Å². The Kier molecular flexibility index (Phi) is 12.4. The Labute approximate surface area is 180 Å². The maximum Gasteiger partial charge on any atom is 0.305 e. The number of rotatable bonds is 15. The van der Waals surface area contributed by atoms with Crippen LogP contribution in [0.5, 0.6) is 0 Å². The highest BCUT2D eigenvalue weighted by Crippen LogP contribution is 2.36. The van der Waals surface area contributed by atoms with Gasteiger partial charge in [0.15, 0.2) is 0 Å². The van der Waals surface area contributed by atoms with Crippen LogP contribution >= 0.6 is 0 Å². The molecule has 0 aromatic carbocycles. The molecule has 1 aliphatic carbocycles. The fraction of sp³-hybridized carbons (Fsp3) is 0.808. The zero-order valence-corrected chi connectivity index (χ0v) is 19.1. The number of carbonyl (C=O) groups is 1. The van der Waals surface area contributed by atoms with E-state index in [-0.39, 0.29) is 5.97 Å². The van der Waals surface area contributed by atoms with Crippen LogP contribution in [-0.2, 0) is 9.53 Å². The average molecular weight is 404 g/mol. The van der Waals surface area contributed by atoms with Gasteiger partial charge in [-0.15, -0.1) is 0 Å². The van der Waals surface area contributed by atoms with E-state index < -0.39 is 0 Å². The molecule has 0 aromatic rings. The van der Waals surface area contributed by atoms with E-state index in [0.717, 1.165) is 18.8 Å². The van der Waals surface area contributed by atoms with Gasteiger partial charge < -0.3 is 4.74 Å². The van der Waals surface area contributed by atoms with Gasteiger partial charge in [-0.05, 0) is 70.4 Å². The van der Waals surface area contributed by atoms with Crippen LogP contribution in [0.2, 0.25) is 0 Å². The van der Waals surface area contributed by atoms with Gasteiger partial charge in [0, 0.05) is 12.5 Å². The second kappa shape index (κ2) is 14.8. The van der Waals surface area contributed by atoms with Gasteiger partial charge in [-0.3, -0.25) is 9.69 Å². The molecule has 166 valence electrons. The molecule has 0 saturated carbocycles. The van der Waals surface area contributed by atoms with Crippen LogP contribution in [0.25, 0.3) is 0 Å². The van der Waals surface area contributed by atoms with Crippen LogP contribution in [0.1, 0.15) is 97.3 Å². The monoisotopic (exact) mass is 403 g/mol. The molecule has 0 radical (unpaired) electrons. The van der Waals surface area contributed by atoms with Gasteiger partial charge in [-0.2, -0.15) is 0 Å². The number of hydrogen-bond donors (Lipinski definition) is 0. The number of ether oxygens (including phenoxy) is 1. The quantitative estimate of drug-likeness (QED) is 0.173. The third kappa shape index (κ3) is 9.07. The molecule has 2 rings (SSSR count). The molecule has 1 fully saturated rings. The minimum absolute atomic E-state index is 0.0364. The van der Waals surface area contributed by atoms with E-state index >= 15 is 0 Å². The van der Waals surface area contributed by atoms with Gasteiger partial charge in [0.25, 0.3) is 0 Å². The highest BCUT2D eigenvalue weighted by atomic mass is 16.5. The lowest BCUT2D eigenvalue weighted by atomic mass is 9.86. The number of nitrogens with zero attached hydrogens (tertiary/aromatic N) is 1. The molecule has 0 amide bonds. The first-order valence-corrected chi connectivity index (χ1v) is 12.5. The van der Waals surface area contributed by atoms with Crippen molar-refractivity contribution in [2.75, 3.05) is 19.7 Å². The maximum atomic E-state index is 11.5. The predicted molar refractivity (Wildman–Crippen MR) is 123 cm³/mol. The van der Waals surface area contributed by atoms with Gasteiger partial charge in [0.05, 0.1) is 6.61 Å². The summed E-state index contributed by atoms with van der Waals surface area (Å²) >= 11 is 0. The number of carbonyl (C=O) groups excluding carboxylic acids is 1. The Bertz CT molecular complexity index is 493. The highest BCUT2D eigenvalue weighted by molar-refractivity contribution is 5.69. The Balaban J connectivity index is 1.74. The first-order chi connectivity index (χ1) is 14.3. The van der Waals surface area contributed by atoms with Crippen LogP contribution in [0.4, 0.5) is 0 Å². The van der Waals surface area contributed by atoms with E-state index in [9.17, 15) is 4.79 Å². The van der Waals surface area contributed by atoms with Crippen LogP contribution in [-0.4, -0.2) is 36.6 Å². The van der Waals surface area contributed by atoms with Crippen LogP contribution in [0, 0.1) is 11.8 Å². The van der Waals surface area contributed by atoms with Crippen LogP contribution in [0.3, 0.4) is 0 Å². The molecule has 0 N–H and O–H groups in total. The van der Waals surface area contributed by atoms with Crippen molar-refractivity contribution in [2.24, 2.45) is 11.8 Å². The SMILES string of the molecule is CCCCCCC=C[C@H]1C=CC(N2CCCC2)[C@@H]1CCCCCCC(=O)OCC. The molecule has 2 aliphatic rings. The van der Waals surface area contributed by atoms with Gasteiger partial charge >= 0.3 is 5.97 Å². The largest absolute Gasteiger partial charge is 0.466 e. The van der Waals surface area contributed by atoms with Crippen molar-refractivity contribution in [3.63, 3.8) is 0 Å². The normalized spacial score (nSPS) is 24.7. The zero-order valence-electron chi connectivity index (χ0n) is 19.1. The standard InChI is InChI=1S/C26H45NO2/c1-3-5-6-7-8-11-16-23-19-20-25(27-21-14-15-22-27)24(23)17-12-9-10-13-18-26(28)29-4-2/h11,16,19-20,23-25H,3-10,12-15,17-18,21-22H2,1-2H3/t23-,24+,25?/m0/s1. The topological polar surface area (TPSA) is 29.5 Å². The summed E-state index contributed by atoms with van der Waals surface area (Å²) in [6.07, 6.45) is 25.8. The lowest BCUT2D eigenvalue weighted by molar-refractivity contribution is -0.143. The van der Waals surface area contributed by atoms with Crippen molar-refractivity contribution >= 4 is 5.97 Å². The first-order valence-electron chi connectivity index (χ1n) is 12.5. The molecule has 1 unspecified atom stereocenters. The smallest absolute Gasteiger partial charge is 0.305 e. The molecule has 3 nitrogen and oxygen atoms in total. The summed E-state index contributed by atoms with van der Waals surface area (Å²) in [5, 5.41) is 0. The number of allylic oxidation sites excluding steroid dienone is 3. The molecule has 1 saturated heterocycles. The van der Waals surface area contributed by atoms with Crippen LogP contribution in [0.15, 0.2) is 24.3 Å². The molecule has 0 spiro atoms. The Hall–Kier alpha value is -1.09. The first kappa shape index (κ1) is 24.2. The van der Waals surface area contributed by atoms with Gasteiger partial charge in [-0.25, -0.2) is 0 Å². The Morgan fingerprint density at radius 1 is 1.00 bits per heavy atom. The van der Waals surface area contributed by atoms with Crippen molar-refractivity contribution in [1.29, 1.82) is 0 Å². The summed E-state index contributed by atoms with van der Waals surface area (Å²) in [4.78, 5) is 14.2. The number of esters is 1. The number of hydrogen-bond acceptors (Lipinski definition) is 3. The fourth-order valence-electron chi connectivity index (χ4n) is 4.94. The second-order valence-electron chi connectivity index (χ2n) is 8.90. The van der Waals surface area contributed by atoms with Crippen molar-refractivity contribution in [3.05, 3.63) is 24.3 Å². The summed E-state index contributed by atoms with van der Waals surface area (Å²) in [6.45, 7) is 7.20. The molecule has 0 aromatic heterocycles. The van der Waals surface area contributed by atoms with Gasteiger partial charge in [0.2, 0.25) is 0 Å². The molecule has 1 aliphatic heterocycles. The maximum absolute atomic E-state index is 11.5. The predicted octanol–water partition coefficient (Wildman–Crippen LogP) is 6.68. The summed E-state index contributed by atoms with van der Waals surface area (Å²) in [6, 6.07) is 0.645. The summed E-state index contributed by atoms with van der Waals surface area (Å²) in [7, 11) is 0. The van der Waals surface area contributed by atoms with E-state index in [4.69, 9.17) is 4.74 Å². The average Bonchev–Trinajstić information content (AvgIpc) is 3.37. The summed E-state index contributed by atoms with van der Waals surface area (Å²) < 4.78 is 5.02. The van der Waals surface area contributed by atoms with Gasteiger partial charge in [0.1, 0.15) is 0 Å². The molecule has 3 heteroatoms. The lowest BCUT2D eigenvalue weighted by Gasteiger charge is -2.31. The lowest BCUT2D eigenvalue weighted by Crippen LogP contribution is -2.37. The third-order valence-corrected chi connectivity index (χ3v) is 6.58. The number of likely N-dealkylation sites (tertiary alicyclic amines) is 1. The minimum atomic E-state index is -0.0364. The third-order valence-electron chi connectivity index (χ3n) is 6.58. The zero-order chi connectivity index (χ0) is 20.7. The van der Waals surface area contributed by atoms with Crippen molar-refractivity contribution in [3.8, 4) is 0 Å². The molecule has 0 bridgehead atoms. The molecular weight excluding hydrogens is 358 g/mol. The fourth-order valence-corrected chi connectivity index (χ4v) is 4.94. The van der Waals surface area contributed by atoms with Gasteiger partial charge in [-0.1, -0.05) is 69.8 Å². The van der Waals surface area contributed by atoms with Crippen molar-refractivity contribution in [2.45, 2.75) is 103 Å². The molecule has 29 heavy (non-hydrogen) atoms. The number of unbranched alkanes of at least 4 members (excludes halogenated alkanes) is 7. The molecule has 1 heterocycles. The van der Waals surface area contributed by atoms with Crippen LogP contribution < -0.4 is 0 Å². The van der Waals surface area contributed by atoms with E-state index in [1.54, 1.807) is 0 Å². The summed E-state index contributed by atoms with van der Waals surface area (Å²) in [5.41, 5.74) is 0. The summed E-state index contributed by atoms with van der Waals surface area (Å²) in [5.74, 6) is 1.32. The van der Waals surface area contributed by atoms with Crippen molar-refractivity contribution < 1.29 is 9.53 Å². The van der Waals surface area contributed by atoms with Crippen molar-refractivity contribution in [1.82, 2.24) is 4.90 Å². The second-order valence-corrected chi connectivity index (χ2v) is 8.90. The van der Waals surface area contributed by atoms with E-state index in [1.165, 1.54) is 77.3 Å². The van der Waals surface area contributed by atoms with E-state index in [1.807, 2.05) is 6.92 Å². The molecule has 3 atom stereocenters. The Morgan fingerprint density at radius 3 is 2.52 bits per heavy atom. The minimum Gasteiger partial charge on any atom is -0.466 e. The highest BCUT2D eigenvalue weighted by Gasteiger charge is 2.34. The molecular formula is C26H45NO2.